The van der Waals surface area contributed by atoms with Crippen molar-refractivity contribution in [3.05, 3.63) is 59.7 Å². The Labute approximate surface area is 169 Å². The number of hydrogen-bond donors (Lipinski definition) is 2. The highest BCUT2D eigenvalue weighted by molar-refractivity contribution is 5.39. The average molecular weight is 383 g/mol. The Balaban J connectivity index is 0.000000161. The summed E-state index contributed by atoms with van der Waals surface area (Å²) in [6, 6.07) is 17.0. The molecule has 0 bridgehead atoms. The van der Waals surface area contributed by atoms with E-state index in [0.717, 1.165) is 11.5 Å². The van der Waals surface area contributed by atoms with Crippen LogP contribution in [0.15, 0.2) is 48.5 Å². The van der Waals surface area contributed by atoms with E-state index in [2.05, 4.69) is 52.0 Å². The lowest BCUT2D eigenvalue weighted by Crippen LogP contribution is -2.06. The van der Waals surface area contributed by atoms with Gasteiger partial charge in [-0.25, -0.2) is 0 Å². The number of ether oxygens (including phenoxy) is 2. The van der Waals surface area contributed by atoms with Crippen LogP contribution in [0.25, 0.3) is 0 Å². The van der Waals surface area contributed by atoms with E-state index in [4.69, 9.17) is 20.9 Å². The minimum Gasteiger partial charge on any atom is -0.497 e. The number of nitrogens with two attached hydrogens (primary N) is 2. The maximum atomic E-state index is 6.03. The van der Waals surface area contributed by atoms with E-state index in [0.29, 0.717) is 11.8 Å². The maximum absolute atomic E-state index is 6.03. The second-order valence-corrected chi connectivity index (χ2v) is 9.20. The van der Waals surface area contributed by atoms with Gasteiger partial charge >= 0.3 is 0 Å². The van der Waals surface area contributed by atoms with Crippen molar-refractivity contribution in [1.82, 2.24) is 0 Å². The van der Waals surface area contributed by atoms with Gasteiger partial charge in [0.1, 0.15) is 11.5 Å². The Bertz CT molecular complexity index is 761. The SMILES string of the molecule is COc1cccc([C@H]2[C@H](N)C2(C)C)c1.COc1cccc([C@H]2[C@H](N)C2(C)C)c1. The van der Waals surface area contributed by atoms with Crippen molar-refractivity contribution >= 4 is 0 Å². The first-order valence-corrected chi connectivity index (χ1v) is 9.93. The second kappa shape index (κ2) is 7.41. The van der Waals surface area contributed by atoms with Gasteiger partial charge in [0.25, 0.3) is 0 Å². The first kappa shape index (κ1) is 20.7. The molecule has 0 unspecified atom stereocenters. The molecule has 152 valence electrons. The molecular formula is C24H34N2O2. The molecule has 2 aromatic rings. The molecule has 4 N–H and O–H groups in total. The largest absolute Gasteiger partial charge is 0.497 e. The third kappa shape index (κ3) is 3.76. The second-order valence-electron chi connectivity index (χ2n) is 9.20. The van der Waals surface area contributed by atoms with Crippen LogP contribution in [0.1, 0.15) is 50.7 Å². The molecule has 0 aliphatic heterocycles. The molecule has 4 nitrogen and oxygen atoms in total. The van der Waals surface area contributed by atoms with Gasteiger partial charge in [-0.1, -0.05) is 52.0 Å². The smallest absolute Gasteiger partial charge is 0.119 e. The van der Waals surface area contributed by atoms with Crippen LogP contribution in [0, 0.1) is 10.8 Å². The van der Waals surface area contributed by atoms with Gasteiger partial charge < -0.3 is 20.9 Å². The number of benzene rings is 2. The third-order valence-corrected chi connectivity index (χ3v) is 6.73. The predicted molar refractivity (Wildman–Crippen MR) is 115 cm³/mol. The van der Waals surface area contributed by atoms with Gasteiger partial charge in [-0.05, 0) is 46.2 Å². The molecule has 2 aliphatic rings. The van der Waals surface area contributed by atoms with Crippen LogP contribution in [0.3, 0.4) is 0 Å². The van der Waals surface area contributed by atoms with Gasteiger partial charge in [0, 0.05) is 23.9 Å². The molecule has 0 radical (unpaired) electrons. The minimum absolute atomic E-state index is 0.242. The van der Waals surface area contributed by atoms with Crippen molar-refractivity contribution in [3.8, 4) is 11.5 Å². The van der Waals surface area contributed by atoms with E-state index in [9.17, 15) is 0 Å². The summed E-state index contributed by atoms with van der Waals surface area (Å²) in [4.78, 5) is 0. The van der Waals surface area contributed by atoms with Gasteiger partial charge in [0.15, 0.2) is 0 Å². The molecule has 4 heteroatoms. The van der Waals surface area contributed by atoms with Crippen LogP contribution in [0.4, 0.5) is 0 Å². The highest BCUT2D eigenvalue weighted by Crippen LogP contribution is 2.58. The summed E-state index contributed by atoms with van der Waals surface area (Å²) >= 11 is 0. The van der Waals surface area contributed by atoms with Gasteiger partial charge in [0.05, 0.1) is 14.2 Å². The van der Waals surface area contributed by atoms with Gasteiger partial charge in [-0.3, -0.25) is 0 Å². The molecule has 2 fully saturated rings. The zero-order valence-electron chi connectivity index (χ0n) is 17.9. The molecule has 0 saturated heterocycles. The van der Waals surface area contributed by atoms with Crippen LogP contribution < -0.4 is 20.9 Å². The highest BCUT2D eigenvalue weighted by atomic mass is 16.5. The number of hydrogen-bond acceptors (Lipinski definition) is 4. The van der Waals surface area contributed by atoms with Crippen LogP contribution in [-0.4, -0.2) is 26.3 Å². The predicted octanol–water partition coefficient (Wildman–Crippen LogP) is 4.29. The summed E-state index contributed by atoms with van der Waals surface area (Å²) in [5.41, 5.74) is 15.1. The third-order valence-electron chi connectivity index (χ3n) is 6.73. The first-order valence-electron chi connectivity index (χ1n) is 9.93. The Morgan fingerprint density at radius 1 is 0.679 bits per heavy atom. The van der Waals surface area contributed by atoms with Gasteiger partial charge in [-0.15, -0.1) is 0 Å². The molecule has 2 aliphatic carbocycles. The Hall–Kier alpha value is -2.04. The zero-order chi connectivity index (χ0) is 20.7. The zero-order valence-corrected chi connectivity index (χ0v) is 17.9. The van der Waals surface area contributed by atoms with E-state index < -0.39 is 0 Å². The summed E-state index contributed by atoms with van der Waals surface area (Å²) in [5, 5.41) is 0. The van der Waals surface area contributed by atoms with Gasteiger partial charge in [0.2, 0.25) is 0 Å². The fourth-order valence-electron chi connectivity index (χ4n) is 4.30. The number of rotatable bonds is 4. The van der Waals surface area contributed by atoms with Crippen LogP contribution in [0.2, 0.25) is 0 Å². The van der Waals surface area contributed by atoms with E-state index in [1.54, 1.807) is 14.2 Å². The normalized spacial score (nSPS) is 28.6. The Kier molecular flexibility index (Phi) is 5.48. The van der Waals surface area contributed by atoms with Crippen molar-refractivity contribution in [1.29, 1.82) is 0 Å². The molecule has 0 amide bonds. The standard InChI is InChI=1S/2C12H17NO/c2*1-12(2)10(11(12)13)8-5-4-6-9(7-8)14-3/h2*4-7,10-11H,13H2,1-3H3/t2*10-,11-/m00/s1. The molecule has 2 saturated carbocycles. The highest BCUT2D eigenvalue weighted by Gasteiger charge is 2.56. The molecule has 28 heavy (non-hydrogen) atoms. The molecule has 0 spiro atoms. The van der Waals surface area contributed by atoms with E-state index in [-0.39, 0.29) is 22.9 Å². The lowest BCUT2D eigenvalue weighted by Gasteiger charge is -2.05. The molecule has 0 aromatic heterocycles. The summed E-state index contributed by atoms with van der Waals surface area (Å²) < 4.78 is 10.4. The van der Waals surface area contributed by atoms with E-state index in [1.807, 2.05) is 24.3 Å². The lowest BCUT2D eigenvalue weighted by molar-refractivity contribution is 0.414. The van der Waals surface area contributed by atoms with Gasteiger partial charge in [-0.2, -0.15) is 0 Å². The fraction of sp³-hybridized carbons (Fsp3) is 0.500. The van der Waals surface area contributed by atoms with Crippen LogP contribution in [0.5, 0.6) is 11.5 Å². The van der Waals surface area contributed by atoms with E-state index in [1.165, 1.54) is 11.1 Å². The number of methoxy groups -OCH3 is 2. The molecule has 4 rings (SSSR count). The Morgan fingerprint density at radius 3 is 1.25 bits per heavy atom. The summed E-state index contributed by atoms with van der Waals surface area (Å²) in [7, 11) is 3.38. The van der Waals surface area contributed by atoms with Crippen molar-refractivity contribution < 1.29 is 9.47 Å². The molecule has 4 atom stereocenters. The van der Waals surface area contributed by atoms with E-state index >= 15 is 0 Å². The van der Waals surface area contributed by atoms with Crippen molar-refractivity contribution in [2.24, 2.45) is 22.3 Å². The topological polar surface area (TPSA) is 70.5 Å². The summed E-state index contributed by atoms with van der Waals surface area (Å²) in [5.74, 6) is 2.80. The van der Waals surface area contributed by atoms with Crippen molar-refractivity contribution in [3.63, 3.8) is 0 Å². The maximum Gasteiger partial charge on any atom is 0.119 e. The quantitative estimate of drug-likeness (QED) is 0.827. The van der Waals surface area contributed by atoms with Crippen LogP contribution >= 0.6 is 0 Å². The monoisotopic (exact) mass is 382 g/mol. The average Bonchev–Trinajstić information content (AvgIpc) is 3.40. The Morgan fingerprint density at radius 2 is 1.00 bits per heavy atom. The lowest BCUT2D eigenvalue weighted by atomic mass is 10.0. The van der Waals surface area contributed by atoms with Crippen LogP contribution in [-0.2, 0) is 0 Å². The summed E-state index contributed by atoms with van der Waals surface area (Å²) in [6.45, 7) is 8.84. The summed E-state index contributed by atoms with van der Waals surface area (Å²) in [6.07, 6.45) is 0. The van der Waals surface area contributed by atoms with Crippen molar-refractivity contribution in [2.45, 2.75) is 51.6 Å². The fourth-order valence-corrected chi connectivity index (χ4v) is 4.30. The first-order chi connectivity index (χ1) is 13.1. The molecule has 0 heterocycles. The molecular weight excluding hydrogens is 348 g/mol. The minimum atomic E-state index is 0.242. The van der Waals surface area contributed by atoms with Crippen molar-refractivity contribution in [2.75, 3.05) is 14.2 Å². The molecule has 2 aromatic carbocycles.